The van der Waals surface area contributed by atoms with Crippen molar-refractivity contribution >= 4 is 5.71 Å². The van der Waals surface area contributed by atoms with Crippen LogP contribution >= 0.6 is 0 Å². The van der Waals surface area contributed by atoms with Gasteiger partial charge in [0.1, 0.15) is 6.23 Å². The maximum Gasteiger partial charge on any atom is 0.330 e. The zero-order chi connectivity index (χ0) is 15.6. The second-order valence-electron chi connectivity index (χ2n) is 5.10. The SMILES string of the molecule is CC[C@H]1O[C@@H](n2cc(F)c(=O)[nH]c2=O)CC1ON=C(C)C. The van der Waals surface area contributed by atoms with Gasteiger partial charge in [-0.05, 0) is 20.3 Å². The van der Waals surface area contributed by atoms with Crippen molar-refractivity contribution in [3.63, 3.8) is 0 Å². The minimum absolute atomic E-state index is 0.250. The molecule has 3 atom stereocenters. The molecular weight excluding hydrogens is 281 g/mol. The highest BCUT2D eigenvalue weighted by molar-refractivity contribution is 5.78. The number of hydrogen-bond acceptors (Lipinski definition) is 5. The lowest BCUT2D eigenvalue weighted by Crippen LogP contribution is -2.33. The fourth-order valence-electron chi connectivity index (χ4n) is 2.19. The average Bonchev–Trinajstić information content (AvgIpc) is 2.83. The van der Waals surface area contributed by atoms with Crippen LogP contribution in [-0.4, -0.2) is 27.5 Å². The Bertz CT molecular complexity index is 648. The van der Waals surface area contributed by atoms with Crippen LogP contribution < -0.4 is 11.2 Å². The van der Waals surface area contributed by atoms with Gasteiger partial charge < -0.3 is 9.57 Å². The molecule has 0 saturated carbocycles. The zero-order valence-electron chi connectivity index (χ0n) is 12.1. The van der Waals surface area contributed by atoms with E-state index in [2.05, 4.69) is 5.16 Å². The van der Waals surface area contributed by atoms with E-state index in [-0.39, 0.29) is 12.2 Å². The summed E-state index contributed by atoms with van der Waals surface area (Å²) in [4.78, 5) is 30.1. The Balaban J connectivity index is 2.23. The summed E-state index contributed by atoms with van der Waals surface area (Å²) in [5.41, 5.74) is -0.988. The Morgan fingerprint density at radius 2 is 2.29 bits per heavy atom. The fourth-order valence-corrected chi connectivity index (χ4v) is 2.19. The molecule has 0 radical (unpaired) electrons. The van der Waals surface area contributed by atoms with Gasteiger partial charge in [0.05, 0.1) is 18.0 Å². The predicted octanol–water partition coefficient (Wildman–Crippen LogP) is 1.15. The summed E-state index contributed by atoms with van der Waals surface area (Å²) in [5.74, 6) is -1.03. The summed E-state index contributed by atoms with van der Waals surface area (Å²) in [6.45, 7) is 5.52. The number of oxime groups is 1. The van der Waals surface area contributed by atoms with Crippen LogP contribution in [0.1, 0.15) is 39.8 Å². The Morgan fingerprint density at radius 3 is 2.90 bits per heavy atom. The molecule has 2 heterocycles. The molecular formula is C13H18FN3O4. The topological polar surface area (TPSA) is 85.7 Å². The van der Waals surface area contributed by atoms with E-state index in [9.17, 15) is 14.0 Å². The van der Waals surface area contributed by atoms with Crippen molar-refractivity contribution in [1.82, 2.24) is 9.55 Å². The van der Waals surface area contributed by atoms with Crippen molar-refractivity contribution in [2.75, 3.05) is 0 Å². The number of aromatic nitrogens is 2. The van der Waals surface area contributed by atoms with Crippen LogP contribution in [0.5, 0.6) is 0 Å². The minimum Gasteiger partial charge on any atom is -0.390 e. The summed E-state index contributed by atoms with van der Waals surface area (Å²) >= 11 is 0. The summed E-state index contributed by atoms with van der Waals surface area (Å²) in [7, 11) is 0. The highest BCUT2D eigenvalue weighted by Gasteiger charge is 2.37. The van der Waals surface area contributed by atoms with Crippen molar-refractivity contribution in [3.8, 4) is 0 Å². The van der Waals surface area contributed by atoms with E-state index in [1.165, 1.54) is 0 Å². The van der Waals surface area contributed by atoms with E-state index in [1.54, 1.807) is 13.8 Å². The van der Waals surface area contributed by atoms with Crippen molar-refractivity contribution in [1.29, 1.82) is 0 Å². The Kier molecular flexibility index (Phi) is 4.56. The first-order chi connectivity index (χ1) is 9.92. The molecule has 0 bridgehead atoms. The van der Waals surface area contributed by atoms with Gasteiger partial charge in [0.25, 0.3) is 5.56 Å². The molecule has 1 saturated heterocycles. The van der Waals surface area contributed by atoms with Crippen LogP contribution in [0.3, 0.4) is 0 Å². The molecule has 21 heavy (non-hydrogen) atoms. The van der Waals surface area contributed by atoms with Gasteiger partial charge in [-0.1, -0.05) is 12.1 Å². The summed E-state index contributed by atoms with van der Waals surface area (Å²) in [5, 5.41) is 3.90. The molecule has 1 fully saturated rings. The standard InChI is InChI=1S/C13H18FN3O4/c1-4-9-10(21-16-7(2)3)5-11(20-9)17-6-8(14)12(18)15-13(17)19/h6,9-11H,4-5H2,1-3H3,(H,15,18,19)/t9-,10?,11-/m1/s1. The van der Waals surface area contributed by atoms with Crippen LogP contribution in [0.25, 0.3) is 0 Å². The van der Waals surface area contributed by atoms with Crippen molar-refractivity contribution in [2.45, 2.75) is 52.0 Å². The van der Waals surface area contributed by atoms with Crippen LogP contribution in [0, 0.1) is 5.82 Å². The number of nitrogens with one attached hydrogen (secondary N) is 1. The van der Waals surface area contributed by atoms with Gasteiger partial charge in [0.2, 0.25) is 5.82 Å². The Labute approximate surface area is 120 Å². The third-order valence-corrected chi connectivity index (χ3v) is 3.19. The molecule has 1 aliphatic heterocycles. The molecule has 1 aliphatic rings. The number of rotatable bonds is 4. The van der Waals surface area contributed by atoms with E-state index in [0.29, 0.717) is 12.8 Å². The number of hydrogen-bond donors (Lipinski definition) is 1. The highest BCUT2D eigenvalue weighted by Crippen LogP contribution is 2.31. The third kappa shape index (κ3) is 3.38. The zero-order valence-corrected chi connectivity index (χ0v) is 12.1. The molecule has 0 aliphatic carbocycles. The molecule has 8 heteroatoms. The number of halogens is 1. The molecule has 1 N–H and O–H groups in total. The lowest BCUT2D eigenvalue weighted by molar-refractivity contribution is -0.0399. The molecule has 0 spiro atoms. The number of H-pyrrole nitrogens is 1. The second kappa shape index (κ2) is 6.21. The van der Waals surface area contributed by atoms with E-state index < -0.39 is 23.3 Å². The number of nitrogens with zero attached hydrogens (tertiary/aromatic N) is 2. The van der Waals surface area contributed by atoms with Crippen LogP contribution in [0.4, 0.5) is 4.39 Å². The molecule has 1 aromatic rings. The maximum atomic E-state index is 13.3. The smallest absolute Gasteiger partial charge is 0.330 e. The molecule has 2 rings (SSSR count). The molecule has 7 nitrogen and oxygen atoms in total. The Hall–Kier alpha value is -1.96. The number of ether oxygens (including phenoxy) is 1. The quantitative estimate of drug-likeness (QED) is 0.667. The molecule has 0 aromatic carbocycles. The summed E-state index contributed by atoms with van der Waals surface area (Å²) < 4.78 is 20.1. The van der Waals surface area contributed by atoms with Gasteiger partial charge >= 0.3 is 5.69 Å². The van der Waals surface area contributed by atoms with Crippen LogP contribution in [-0.2, 0) is 9.57 Å². The first kappa shape index (κ1) is 15.4. The van der Waals surface area contributed by atoms with Gasteiger partial charge in [-0.25, -0.2) is 4.79 Å². The van der Waals surface area contributed by atoms with Crippen LogP contribution in [0.2, 0.25) is 0 Å². The normalized spacial score (nSPS) is 24.9. The van der Waals surface area contributed by atoms with Gasteiger partial charge in [-0.15, -0.1) is 0 Å². The van der Waals surface area contributed by atoms with E-state index in [0.717, 1.165) is 16.5 Å². The van der Waals surface area contributed by atoms with Crippen molar-refractivity contribution < 1.29 is 14.0 Å². The predicted molar refractivity (Wildman–Crippen MR) is 73.8 cm³/mol. The molecule has 116 valence electrons. The van der Waals surface area contributed by atoms with Gasteiger partial charge in [-0.2, -0.15) is 4.39 Å². The molecule has 1 unspecified atom stereocenters. The van der Waals surface area contributed by atoms with Crippen molar-refractivity contribution in [2.24, 2.45) is 5.16 Å². The monoisotopic (exact) mass is 299 g/mol. The molecule has 1 aromatic heterocycles. The average molecular weight is 299 g/mol. The van der Waals surface area contributed by atoms with E-state index in [4.69, 9.17) is 9.57 Å². The van der Waals surface area contributed by atoms with Gasteiger partial charge in [0.15, 0.2) is 6.10 Å². The number of aromatic amines is 1. The summed E-state index contributed by atoms with van der Waals surface area (Å²) in [6, 6.07) is 0. The fraction of sp³-hybridized carbons (Fsp3) is 0.615. The van der Waals surface area contributed by atoms with Crippen LogP contribution in [0.15, 0.2) is 20.9 Å². The van der Waals surface area contributed by atoms with E-state index in [1.807, 2.05) is 11.9 Å². The lowest BCUT2D eigenvalue weighted by atomic mass is 10.1. The first-order valence-corrected chi connectivity index (χ1v) is 6.75. The first-order valence-electron chi connectivity index (χ1n) is 6.75. The largest absolute Gasteiger partial charge is 0.390 e. The van der Waals surface area contributed by atoms with Crippen molar-refractivity contribution in [3.05, 3.63) is 32.9 Å². The maximum absolute atomic E-state index is 13.3. The third-order valence-electron chi connectivity index (χ3n) is 3.19. The highest BCUT2D eigenvalue weighted by atomic mass is 19.1. The second-order valence-corrected chi connectivity index (χ2v) is 5.10. The van der Waals surface area contributed by atoms with E-state index >= 15 is 0 Å². The lowest BCUT2D eigenvalue weighted by Gasteiger charge is -2.15. The molecule has 0 amide bonds. The Morgan fingerprint density at radius 1 is 1.57 bits per heavy atom. The van der Waals surface area contributed by atoms with Gasteiger partial charge in [0, 0.05) is 6.42 Å². The summed E-state index contributed by atoms with van der Waals surface area (Å²) in [6.07, 6.45) is 0.610. The van der Waals surface area contributed by atoms with Gasteiger partial charge in [-0.3, -0.25) is 14.3 Å². The minimum atomic E-state index is -1.04.